The number of anilines is 2. The lowest BCUT2D eigenvalue weighted by Gasteiger charge is -2.09. The van der Waals surface area contributed by atoms with Crippen LogP contribution in [0.25, 0.3) is 0 Å². The third-order valence-electron chi connectivity index (χ3n) is 3.99. The molecule has 3 rings (SSSR count). The quantitative estimate of drug-likeness (QED) is 0.682. The summed E-state index contributed by atoms with van der Waals surface area (Å²) < 4.78 is 0. The second kappa shape index (κ2) is 8.15. The summed E-state index contributed by atoms with van der Waals surface area (Å²) in [5.41, 5.74) is 5.35. The summed E-state index contributed by atoms with van der Waals surface area (Å²) >= 11 is 0. The van der Waals surface area contributed by atoms with Crippen molar-refractivity contribution in [3.8, 4) is 0 Å². The fraction of sp³-hybridized carbons (Fsp3) is 0.136. The summed E-state index contributed by atoms with van der Waals surface area (Å²) in [7, 11) is 0. The lowest BCUT2D eigenvalue weighted by molar-refractivity contribution is -0.115. The number of rotatable bonds is 6. The van der Waals surface area contributed by atoms with E-state index in [1.54, 1.807) is 0 Å². The number of carbonyl (C=O) groups excluding carboxylic acids is 1. The zero-order valence-corrected chi connectivity index (χ0v) is 14.3. The Hall–Kier alpha value is -3.07. The normalized spacial score (nSPS) is 10.3. The SMILES string of the molecule is Cc1ccc(CNc2ccc(NC(=O)Cc3ccccc3)cc2)cc1. The van der Waals surface area contributed by atoms with Gasteiger partial charge in [-0.25, -0.2) is 0 Å². The Balaban J connectivity index is 1.51. The number of hydrogen-bond acceptors (Lipinski definition) is 2. The standard InChI is InChI=1S/C22H22N2O/c1-17-7-9-19(10-8-17)16-23-20-11-13-21(14-12-20)24-22(25)15-18-5-3-2-4-6-18/h2-14,23H,15-16H2,1H3,(H,24,25). The minimum Gasteiger partial charge on any atom is -0.381 e. The molecule has 0 heterocycles. The van der Waals surface area contributed by atoms with Crippen LogP contribution in [0.4, 0.5) is 11.4 Å². The topological polar surface area (TPSA) is 41.1 Å². The van der Waals surface area contributed by atoms with Crippen LogP contribution in [0.2, 0.25) is 0 Å². The molecule has 3 aromatic rings. The molecule has 0 fully saturated rings. The molecule has 3 heteroatoms. The van der Waals surface area contributed by atoms with E-state index in [1.165, 1.54) is 11.1 Å². The first-order valence-corrected chi connectivity index (χ1v) is 8.42. The molecule has 0 radical (unpaired) electrons. The van der Waals surface area contributed by atoms with Crippen LogP contribution in [-0.4, -0.2) is 5.91 Å². The van der Waals surface area contributed by atoms with Crippen molar-refractivity contribution < 1.29 is 4.79 Å². The third kappa shape index (κ3) is 5.21. The molecule has 0 aliphatic heterocycles. The number of hydrogen-bond donors (Lipinski definition) is 2. The maximum absolute atomic E-state index is 12.1. The highest BCUT2D eigenvalue weighted by molar-refractivity contribution is 5.92. The second-order valence-corrected chi connectivity index (χ2v) is 6.13. The van der Waals surface area contributed by atoms with Crippen molar-refractivity contribution in [1.29, 1.82) is 0 Å². The van der Waals surface area contributed by atoms with Gasteiger partial charge in [0.25, 0.3) is 0 Å². The molecule has 3 aromatic carbocycles. The van der Waals surface area contributed by atoms with Crippen molar-refractivity contribution in [2.45, 2.75) is 19.9 Å². The van der Waals surface area contributed by atoms with Crippen molar-refractivity contribution >= 4 is 17.3 Å². The Morgan fingerprint density at radius 2 is 1.40 bits per heavy atom. The minimum absolute atomic E-state index is 0.00781. The largest absolute Gasteiger partial charge is 0.381 e. The predicted molar refractivity (Wildman–Crippen MR) is 104 cm³/mol. The minimum atomic E-state index is -0.00781. The van der Waals surface area contributed by atoms with Crippen LogP contribution in [0.1, 0.15) is 16.7 Å². The van der Waals surface area contributed by atoms with E-state index in [1.807, 2.05) is 54.6 Å². The maximum Gasteiger partial charge on any atom is 0.228 e. The fourth-order valence-corrected chi connectivity index (χ4v) is 2.57. The van der Waals surface area contributed by atoms with Gasteiger partial charge < -0.3 is 10.6 Å². The molecule has 3 nitrogen and oxygen atoms in total. The molecule has 0 aliphatic carbocycles. The zero-order chi connectivity index (χ0) is 17.5. The smallest absolute Gasteiger partial charge is 0.228 e. The summed E-state index contributed by atoms with van der Waals surface area (Å²) in [6, 6.07) is 26.0. The molecule has 0 bridgehead atoms. The van der Waals surface area contributed by atoms with E-state index >= 15 is 0 Å². The monoisotopic (exact) mass is 330 g/mol. The molecule has 0 atom stereocenters. The molecule has 0 aliphatic rings. The third-order valence-corrected chi connectivity index (χ3v) is 3.99. The van der Waals surface area contributed by atoms with E-state index in [4.69, 9.17) is 0 Å². The number of benzene rings is 3. The van der Waals surface area contributed by atoms with Gasteiger partial charge in [0.15, 0.2) is 0 Å². The molecule has 2 N–H and O–H groups in total. The van der Waals surface area contributed by atoms with Gasteiger partial charge in [-0.1, -0.05) is 60.2 Å². The molecule has 0 saturated heterocycles. The van der Waals surface area contributed by atoms with Gasteiger partial charge in [-0.05, 0) is 42.3 Å². The Labute approximate surface area is 148 Å². The van der Waals surface area contributed by atoms with Crippen LogP contribution >= 0.6 is 0 Å². The van der Waals surface area contributed by atoms with Crippen LogP contribution in [0, 0.1) is 6.92 Å². The van der Waals surface area contributed by atoms with Crippen LogP contribution in [-0.2, 0) is 17.8 Å². The summed E-state index contributed by atoms with van der Waals surface area (Å²) in [5.74, 6) is -0.00781. The van der Waals surface area contributed by atoms with Crippen LogP contribution in [0.5, 0.6) is 0 Å². The molecule has 0 spiro atoms. The zero-order valence-electron chi connectivity index (χ0n) is 14.3. The molecule has 1 amide bonds. The highest BCUT2D eigenvalue weighted by atomic mass is 16.1. The van der Waals surface area contributed by atoms with Gasteiger partial charge in [-0.3, -0.25) is 4.79 Å². The Bertz CT molecular complexity index is 809. The number of aryl methyl sites for hydroxylation is 1. The van der Waals surface area contributed by atoms with E-state index < -0.39 is 0 Å². The van der Waals surface area contributed by atoms with Crippen molar-refractivity contribution in [3.63, 3.8) is 0 Å². The Morgan fingerprint density at radius 1 is 0.760 bits per heavy atom. The predicted octanol–water partition coefficient (Wildman–Crippen LogP) is 4.79. The molecular weight excluding hydrogens is 308 g/mol. The average molecular weight is 330 g/mol. The van der Waals surface area contributed by atoms with Gasteiger partial charge in [0.2, 0.25) is 5.91 Å². The highest BCUT2D eigenvalue weighted by Crippen LogP contribution is 2.15. The van der Waals surface area contributed by atoms with E-state index in [9.17, 15) is 4.79 Å². The van der Waals surface area contributed by atoms with E-state index in [0.717, 1.165) is 23.5 Å². The lowest BCUT2D eigenvalue weighted by Crippen LogP contribution is -2.14. The Kier molecular flexibility index (Phi) is 5.47. The highest BCUT2D eigenvalue weighted by Gasteiger charge is 2.04. The van der Waals surface area contributed by atoms with Crippen LogP contribution < -0.4 is 10.6 Å². The Morgan fingerprint density at radius 3 is 2.08 bits per heavy atom. The first-order valence-electron chi connectivity index (χ1n) is 8.42. The van der Waals surface area contributed by atoms with Gasteiger partial charge in [0.05, 0.1) is 6.42 Å². The molecule has 0 unspecified atom stereocenters. The van der Waals surface area contributed by atoms with Crippen molar-refractivity contribution in [2.75, 3.05) is 10.6 Å². The van der Waals surface area contributed by atoms with Crippen molar-refractivity contribution in [3.05, 3.63) is 95.6 Å². The summed E-state index contributed by atoms with van der Waals surface area (Å²) in [5, 5.41) is 6.32. The van der Waals surface area contributed by atoms with Crippen LogP contribution in [0.15, 0.2) is 78.9 Å². The fourth-order valence-electron chi connectivity index (χ4n) is 2.57. The molecule has 25 heavy (non-hydrogen) atoms. The number of nitrogens with one attached hydrogen (secondary N) is 2. The molecule has 0 saturated carbocycles. The van der Waals surface area contributed by atoms with E-state index in [0.29, 0.717) is 6.42 Å². The van der Waals surface area contributed by atoms with Gasteiger partial charge in [-0.15, -0.1) is 0 Å². The number of carbonyl (C=O) groups is 1. The second-order valence-electron chi connectivity index (χ2n) is 6.13. The van der Waals surface area contributed by atoms with Gasteiger partial charge in [0, 0.05) is 17.9 Å². The number of amides is 1. The van der Waals surface area contributed by atoms with E-state index in [-0.39, 0.29) is 5.91 Å². The first kappa shape index (κ1) is 16.8. The first-order chi connectivity index (χ1) is 12.2. The van der Waals surface area contributed by atoms with Crippen molar-refractivity contribution in [1.82, 2.24) is 0 Å². The molecule has 0 aromatic heterocycles. The summed E-state index contributed by atoms with van der Waals surface area (Å²) in [6.45, 7) is 2.86. The summed E-state index contributed by atoms with van der Waals surface area (Å²) in [6.07, 6.45) is 0.383. The van der Waals surface area contributed by atoms with Crippen molar-refractivity contribution in [2.24, 2.45) is 0 Å². The van der Waals surface area contributed by atoms with Gasteiger partial charge >= 0.3 is 0 Å². The maximum atomic E-state index is 12.1. The lowest BCUT2D eigenvalue weighted by atomic mass is 10.1. The molecule has 126 valence electrons. The van der Waals surface area contributed by atoms with Crippen LogP contribution in [0.3, 0.4) is 0 Å². The summed E-state index contributed by atoms with van der Waals surface area (Å²) in [4.78, 5) is 12.1. The van der Waals surface area contributed by atoms with Gasteiger partial charge in [0.1, 0.15) is 0 Å². The molecular formula is C22H22N2O. The van der Waals surface area contributed by atoms with E-state index in [2.05, 4.69) is 41.8 Å². The average Bonchev–Trinajstić information content (AvgIpc) is 2.63. The van der Waals surface area contributed by atoms with Gasteiger partial charge in [-0.2, -0.15) is 0 Å².